The lowest BCUT2D eigenvalue weighted by molar-refractivity contribution is 0.164. The molecule has 0 fully saturated rings. The van der Waals surface area contributed by atoms with Crippen LogP contribution in [-0.4, -0.2) is 50.7 Å². The van der Waals surface area contributed by atoms with Gasteiger partial charge in [-0.05, 0) is 44.1 Å². The molecule has 0 saturated heterocycles. The van der Waals surface area contributed by atoms with Gasteiger partial charge in [0.1, 0.15) is 5.75 Å². The fourth-order valence-electron chi connectivity index (χ4n) is 4.37. The van der Waals surface area contributed by atoms with Gasteiger partial charge in [-0.2, -0.15) is 0 Å². The van der Waals surface area contributed by atoms with Crippen LogP contribution in [0.15, 0.2) is 53.5 Å². The number of fused-ring (bicyclic) bond motifs is 2. The van der Waals surface area contributed by atoms with Gasteiger partial charge in [-0.25, -0.2) is 0 Å². The first-order valence-electron chi connectivity index (χ1n) is 10.0. The predicted octanol–water partition coefficient (Wildman–Crippen LogP) is 2.77. The number of aliphatic imine (C=N–C) groups is 1. The molecule has 2 aromatic rings. The van der Waals surface area contributed by atoms with Gasteiger partial charge < -0.3 is 20.3 Å². The Kier molecular flexibility index (Phi) is 5.27. The number of nitrogens with zero attached hydrogens (tertiary/aromatic N) is 2. The van der Waals surface area contributed by atoms with E-state index in [4.69, 9.17) is 4.74 Å². The van der Waals surface area contributed by atoms with Gasteiger partial charge in [0.25, 0.3) is 0 Å². The highest BCUT2D eigenvalue weighted by atomic mass is 16.5. The van der Waals surface area contributed by atoms with Crippen LogP contribution in [-0.2, 0) is 12.8 Å². The molecule has 1 aliphatic heterocycles. The molecule has 5 heteroatoms. The van der Waals surface area contributed by atoms with Gasteiger partial charge in [0, 0.05) is 31.1 Å². The largest absolute Gasteiger partial charge is 0.493 e. The third-order valence-electron chi connectivity index (χ3n) is 6.18. The summed E-state index contributed by atoms with van der Waals surface area (Å²) in [6.07, 6.45) is 3.04. The zero-order valence-corrected chi connectivity index (χ0v) is 17.0. The summed E-state index contributed by atoms with van der Waals surface area (Å²) in [7, 11) is 6.20. The Labute approximate surface area is 167 Å². The SMILES string of the molecule is CN=C(NCC1(N(C)C)Cc2ccccc2C1)NC1CCOc2ccccc21. The summed E-state index contributed by atoms with van der Waals surface area (Å²) in [6.45, 7) is 1.57. The van der Waals surface area contributed by atoms with Gasteiger partial charge in [-0.3, -0.25) is 4.99 Å². The van der Waals surface area contributed by atoms with E-state index in [-0.39, 0.29) is 11.6 Å². The molecule has 1 aliphatic carbocycles. The Balaban J connectivity index is 1.45. The third-order valence-corrected chi connectivity index (χ3v) is 6.18. The summed E-state index contributed by atoms with van der Waals surface area (Å²) in [5.41, 5.74) is 4.18. The van der Waals surface area contributed by atoms with Crippen molar-refractivity contribution in [3.05, 3.63) is 65.2 Å². The van der Waals surface area contributed by atoms with Crippen molar-refractivity contribution in [2.45, 2.75) is 30.8 Å². The highest BCUT2D eigenvalue weighted by Crippen LogP contribution is 2.33. The molecule has 2 N–H and O–H groups in total. The van der Waals surface area contributed by atoms with Crippen molar-refractivity contribution in [3.63, 3.8) is 0 Å². The van der Waals surface area contributed by atoms with E-state index in [1.165, 1.54) is 16.7 Å². The number of guanidine groups is 1. The van der Waals surface area contributed by atoms with Crippen molar-refractivity contribution in [1.82, 2.24) is 15.5 Å². The lowest BCUT2D eigenvalue weighted by Crippen LogP contribution is -2.55. The topological polar surface area (TPSA) is 48.9 Å². The van der Waals surface area contributed by atoms with Gasteiger partial charge in [-0.1, -0.05) is 42.5 Å². The fourth-order valence-corrected chi connectivity index (χ4v) is 4.37. The van der Waals surface area contributed by atoms with Crippen LogP contribution >= 0.6 is 0 Å². The number of para-hydroxylation sites is 1. The average molecular weight is 379 g/mol. The highest BCUT2D eigenvalue weighted by Gasteiger charge is 2.39. The molecule has 0 saturated carbocycles. The summed E-state index contributed by atoms with van der Waals surface area (Å²) < 4.78 is 5.79. The number of hydrogen-bond acceptors (Lipinski definition) is 3. The highest BCUT2D eigenvalue weighted by molar-refractivity contribution is 5.80. The molecule has 4 rings (SSSR count). The van der Waals surface area contributed by atoms with Crippen LogP contribution in [0.3, 0.4) is 0 Å². The first-order chi connectivity index (χ1) is 13.6. The Morgan fingerprint density at radius 2 is 1.79 bits per heavy atom. The molecule has 1 heterocycles. The van der Waals surface area contributed by atoms with E-state index in [1.54, 1.807) is 0 Å². The Hall–Kier alpha value is -2.53. The Bertz CT molecular complexity index is 836. The third kappa shape index (κ3) is 3.59. The number of rotatable bonds is 4. The Morgan fingerprint density at radius 1 is 1.11 bits per heavy atom. The van der Waals surface area contributed by atoms with E-state index in [1.807, 2.05) is 19.2 Å². The summed E-state index contributed by atoms with van der Waals surface area (Å²) in [4.78, 5) is 6.85. The van der Waals surface area contributed by atoms with E-state index < -0.39 is 0 Å². The maximum absolute atomic E-state index is 5.79. The first kappa shape index (κ1) is 18.8. The van der Waals surface area contributed by atoms with Crippen LogP contribution in [0, 0.1) is 0 Å². The van der Waals surface area contributed by atoms with Gasteiger partial charge >= 0.3 is 0 Å². The molecule has 148 valence electrons. The van der Waals surface area contributed by atoms with E-state index >= 15 is 0 Å². The summed E-state index contributed by atoms with van der Waals surface area (Å²) >= 11 is 0. The number of nitrogens with one attached hydrogen (secondary N) is 2. The molecule has 2 aliphatic rings. The van der Waals surface area contributed by atoms with E-state index in [0.717, 1.165) is 44.1 Å². The Morgan fingerprint density at radius 3 is 2.46 bits per heavy atom. The fraction of sp³-hybridized carbons (Fsp3) is 0.435. The maximum Gasteiger partial charge on any atom is 0.191 e. The van der Waals surface area contributed by atoms with Crippen molar-refractivity contribution in [2.24, 2.45) is 4.99 Å². The van der Waals surface area contributed by atoms with Crippen LogP contribution in [0.2, 0.25) is 0 Å². The second-order valence-corrected chi connectivity index (χ2v) is 8.04. The lowest BCUT2D eigenvalue weighted by atomic mass is 9.94. The molecule has 28 heavy (non-hydrogen) atoms. The average Bonchev–Trinajstić information content (AvgIpc) is 3.11. The molecular formula is C23H30N4O. The van der Waals surface area contributed by atoms with Crippen molar-refractivity contribution >= 4 is 5.96 Å². The quantitative estimate of drug-likeness (QED) is 0.635. The lowest BCUT2D eigenvalue weighted by Gasteiger charge is -2.37. The standard InChI is InChI=1S/C23H30N4O/c1-24-22(26-20-12-13-28-21-11-7-6-10-19(20)21)25-16-23(27(2)3)14-17-8-4-5-9-18(17)15-23/h4-11,20H,12-16H2,1-3H3,(H2,24,25,26). The van der Waals surface area contributed by atoms with Crippen molar-refractivity contribution in [1.29, 1.82) is 0 Å². The monoisotopic (exact) mass is 378 g/mol. The normalized spacial score (nSPS) is 20.3. The second-order valence-electron chi connectivity index (χ2n) is 8.04. The molecule has 0 radical (unpaired) electrons. The van der Waals surface area contributed by atoms with E-state index in [0.29, 0.717) is 0 Å². The molecule has 1 unspecified atom stereocenters. The molecule has 0 spiro atoms. The molecule has 0 amide bonds. The number of benzene rings is 2. The number of ether oxygens (including phenoxy) is 1. The minimum atomic E-state index is 0.0644. The maximum atomic E-state index is 5.79. The van der Waals surface area contributed by atoms with Gasteiger partial charge in [-0.15, -0.1) is 0 Å². The van der Waals surface area contributed by atoms with Gasteiger partial charge in [0.15, 0.2) is 5.96 Å². The molecule has 0 bridgehead atoms. The van der Waals surface area contributed by atoms with Crippen molar-refractivity contribution in [3.8, 4) is 5.75 Å². The van der Waals surface area contributed by atoms with Crippen LogP contribution in [0.25, 0.3) is 0 Å². The predicted molar refractivity (Wildman–Crippen MR) is 114 cm³/mol. The van der Waals surface area contributed by atoms with Crippen LogP contribution in [0.1, 0.15) is 29.2 Å². The first-order valence-corrected chi connectivity index (χ1v) is 10.0. The number of likely N-dealkylation sites (N-methyl/N-ethyl adjacent to an activating group) is 1. The molecule has 1 atom stereocenters. The van der Waals surface area contributed by atoms with Gasteiger partial charge in [0.05, 0.1) is 12.6 Å². The van der Waals surface area contributed by atoms with Gasteiger partial charge in [0.2, 0.25) is 0 Å². The minimum Gasteiger partial charge on any atom is -0.493 e. The summed E-state index contributed by atoms with van der Waals surface area (Å²) in [5.74, 6) is 1.82. The second kappa shape index (κ2) is 7.84. The van der Waals surface area contributed by atoms with Crippen molar-refractivity contribution < 1.29 is 4.74 Å². The zero-order chi connectivity index (χ0) is 19.6. The zero-order valence-electron chi connectivity index (χ0n) is 17.0. The molecular weight excluding hydrogens is 348 g/mol. The van der Waals surface area contributed by atoms with Crippen LogP contribution in [0.5, 0.6) is 5.75 Å². The van der Waals surface area contributed by atoms with Crippen molar-refractivity contribution in [2.75, 3.05) is 34.3 Å². The minimum absolute atomic E-state index is 0.0644. The van der Waals surface area contributed by atoms with E-state index in [2.05, 4.69) is 71.0 Å². The van der Waals surface area contributed by atoms with E-state index in [9.17, 15) is 0 Å². The molecule has 0 aromatic heterocycles. The molecule has 5 nitrogen and oxygen atoms in total. The van der Waals surface area contributed by atoms with Crippen LogP contribution < -0.4 is 15.4 Å². The summed E-state index contributed by atoms with van der Waals surface area (Å²) in [5, 5.41) is 7.21. The van der Waals surface area contributed by atoms with Crippen LogP contribution in [0.4, 0.5) is 0 Å². The summed E-state index contributed by atoms with van der Waals surface area (Å²) in [6, 6.07) is 17.3. The number of hydrogen-bond donors (Lipinski definition) is 2. The molecule has 2 aromatic carbocycles. The smallest absolute Gasteiger partial charge is 0.191 e.